The van der Waals surface area contributed by atoms with Gasteiger partial charge in [0.25, 0.3) is 0 Å². The Labute approximate surface area is 158 Å². The Hall–Kier alpha value is 3.16. The fourth-order valence-corrected chi connectivity index (χ4v) is 0. The number of hydrogen-bond donors (Lipinski definition) is 5. The van der Waals surface area contributed by atoms with E-state index in [9.17, 15) is 0 Å². The zero-order valence-corrected chi connectivity index (χ0v) is 13.6. The minimum Gasteiger partial charge on any atom is -0.450 e. The first-order valence-electron chi connectivity index (χ1n) is 1.43. The van der Waals surface area contributed by atoms with Crippen molar-refractivity contribution in [1.29, 1.82) is 0 Å². The third-order valence-corrected chi connectivity index (χ3v) is 0. The van der Waals surface area contributed by atoms with Gasteiger partial charge < -0.3 is 24.9 Å². The van der Waals surface area contributed by atoms with E-state index in [0.29, 0.717) is 0 Å². The Morgan fingerprint density at radius 2 is 0.917 bits per heavy atom. The van der Waals surface area contributed by atoms with Gasteiger partial charge in [-0.1, -0.05) is 0 Å². The van der Waals surface area contributed by atoms with Crippen molar-refractivity contribution in [2.45, 2.75) is 0 Å². The van der Waals surface area contributed by atoms with Gasteiger partial charge in [-0.25, -0.2) is 9.36 Å². The number of rotatable bonds is 0. The monoisotopic (exact) mass is 280 g/mol. The largest absolute Gasteiger partial charge is 2.00 e. The first-order valence-corrected chi connectivity index (χ1v) is 3.00. The van der Waals surface area contributed by atoms with Crippen molar-refractivity contribution in [1.82, 2.24) is 0 Å². The molecule has 0 fully saturated rings. The summed E-state index contributed by atoms with van der Waals surface area (Å²) in [6, 6.07) is 0. The number of phosphoric acid groups is 1. The molecule has 0 atom stereocenters. The SMILES string of the molecule is O=C(O)O.O=P(O)(O)O.[Ca+2].[Ca+2].[Ca+2]. The number of hydrogen-bond acceptors (Lipinski definition) is 2. The number of carboxylic acid groups (broad SMARTS) is 2. The molecule has 0 aliphatic carbocycles. The van der Waals surface area contributed by atoms with Crippen LogP contribution in [-0.2, 0) is 4.57 Å². The van der Waals surface area contributed by atoms with E-state index in [1.54, 1.807) is 0 Å². The average Bonchev–Trinajstić information content (AvgIpc) is 1.19. The van der Waals surface area contributed by atoms with Gasteiger partial charge in [0.1, 0.15) is 0 Å². The Balaban J connectivity index is -0.0000000221. The van der Waals surface area contributed by atoms with Crippen molar-refractivity contribution in [3.05, 3.63) is 0 Å². The van der Waals surface area contributed by atoms with Gasteiger partial charge in [-0.05, 0) is 0 Å². The van der Waals surface area contributed by atoms with Crippen LogP contribution in [0.15, 0.2) is 0 Å². The third kappa shape index (κ3) is 195. The molecule has 0 bridgehead atoms. The maximum absolute atomic E-state index is 8.88. The van der Waals surface area contributed by atoms with Gasteiger partial charge in [0.15, 0.2) is 0 Å². The molecule has 0 spiro atoms. The molecule has 0 rings (SSSR count). The molecule has 56 valence electrons. The van der Waals surface area contributed by atoms with Crippen molar-refractivity contribution in [3.63, 3.8) is 0 Å². The van der Waals surface area contributed by atoms with Crippen LogP contribution in [0.25, 0.3) is 0 Å². The van der Waals surface area contributed by atoms with Gasteiger partial charge in [-0.15, -0.1) is 0 Å². The predicted molar refractivity (Wildman–Crippen MR) is 42.2 cm³/mol. The van der Waals surface area contributed by atoms with E-state index in [4.69, 9.17) is 34.3 Å². The van der Waals surface area contributed by atoms with Crippen LogP contribution in [0.4, 0.5) is 4.79 Å². The maximum atomic E-state index is 8.88. The summed E-state index contributed by atoms with van der Waals surface area (Å²) in [5.41, 5.74) is 0. The van der Waals surface area contributed by atoms with E-state index in [1.165, 1.54) is 0 Å². The molecule has 0 aromatic rings. The van der Waals surface area contributed by atoms with Gasteiger partial charge >= 0.3 is 127 Å². The molecule has 0 saturated heterocycles. The molecule has 0 aromatic carbocycles. The molecule has 5 N–H and O–H groups in total. The summed E-state index contributed by atoms with van der Waals surface area (Å²) >= 11 is 0. The van der Waals surface area contributed by atoms with E-state index in [-0.39, 0.29) is 113 Å². The Morgan fingerprint density at radius 3 is 0.917 bits per heavy atom. The maximum Gasteiger partial charge on any atom is 2.00 e. The summed E-state index contributed by atoms with van der Waals surface area (Å²) in [5, 5.41) is 13.9. The van der Waals surface area contributed by atoms with Crippen LogP contribution in [0.3, 0.4) is 0 Å². The minimum atomic E-state index is -4.64. The van der Waals surface area contributed by atoms with Crippen LogP contribution in [-0.4, -0.2) is 144 Å². The molecule has 7 nitrogen and oxygen atoms in total. The quantitative estimate of drug-likeness (QED) is 0.259. The molecule has 0 heterocycles. The average molecular weight is 280 g/mol. The molecule has 11 heteroatoms. The Kier molecular flexibility index (Phi) is 40.7. The number of carbonyl (C=O) groups is 1. The van der Waals surface area contributed by atoms with Crippen LogP contribution in [0.5, 0.6) is 0 Å². The summed E-state index contributed by atoms with van der Waals surface area (Å²) < 4.78 is 8.88. The Morgan fingerprint density at radius 1 is 0.917 bits per heavy atom. The normalized spacial score (nSPS) is 6.92. The van der Waals surface area contributed by atoms with E-state index in [0.717, 1.165) is 0 Å². The summed E-state index contributed by atoms with van der Waals surface area (Å²) in [5.74, 6) is 0. The molecule has 0 aliphatic rings. The zero-order valence-electron chi connectivity index (χ0n) is 6.12. The second-order valence-corrected chi connectivity index (χ2v) is 1.82. The topological polar surface area (TPSA) is 135 Å². The minimum absolute atomic E-state index is 0. The van der Waals surface area contributed by atoms with Gasteiger partial charge in [0, 0.05) is 0 Å². The first kappa shape index (κ1) is 29.4. The molecule has 0 saturated carbocycles. The van der Waals surface area contributed by atoms with E-state index in [2.05, 4.69) is 0 Å². The van der Waals surface area contributed by atoms with Gasteiger partial charge in [0.2, 0.25) is 0 Å². The van der Waals surface area contributed by atoms with Crippen molar-refractivity contribution in [2.24, 2.45) is 0 Å². The van der Waals surface area contributed by atoms with Gasteiger partial charge in [-0.3, -0.25) is 0 Å². The molecule has 0 aliphatic heterocycles. The van der Waals surface area contributed by atoms with Crippen molar-refractivity contribution >= 4 is 127 Å². The van der Waals surface area contributed by atoms with Crippen LogP contribution in [0, 0.1) is 0 Å². The molecule has 12 heavy (non-hydrogen) atoms. The summed E-state index contributed by atoms with van der Waals surface area (Å²) in [7, 11) is -4.64. The zero-order chi connectivity index (χ0) is 8.08. The fraction of sp³-hybridized carbons (Fsp3) is 0. The third-order valence-electron chi connectivity index (χ3n) is 0. The molecular weight excluding hydrogens is 275 g/mol. The van der Waals surface area contributed by atoms with Gasteiger partial charge in [0.05, 0.1) is 0 Å². The molecular formula is CH5Ca3O7P+6. The van der Waals surface area contributed by atoms with Crippen molar-refractivity contribution in [3.8, 4) is 0 Å². The molecule has 0 amide bonds. The standard InChI is InChI=1S/CH2O3.3Ca.H3O4P/c2-1(3)4;;;;1-5(2,3)4/h(H2,2,3,4);;;;(H3,1,2,3,4)/q;3*+2;. The van der Waals surface area contributed by atoms with Crippen molar-refractivity contribution < 1.29 is 34.3 Å². The second kappa shape index (κ2) is 16.6. The van der Waals surface area contributed by atoms with Crippen LogP contribution < -0.4 is 0 Å². The van der Waals surface area contributed by atoms with Crippen LogP contribution in [0.2, 0.25) is 0 Å². The Bertz CT molecular complexity index is 118. The smallest absolute Gasteiger partial charge is 0.450 e. The van der Waals surface area contributed by atoms with Gasteiger partial charge in [-0.2, -0.15) is 0 Å². The van der Waals surface area contributed by atoms with Crippen LogP contribution in [0.1, 0.15) is 0 Å². The van der Waals surface area contributed by atoms with E-state index >= 15 is 0 Å². The molecule has 0 unspecified atom stereocenters. The summed E-state index contributed by atoms with van der Waals surface area (Å²) in [4.78, 5) is 30.1. The first-order chi connectivity index (χ1) is 3.73. The fourth-order valence-electron chi connectivity index (χ4n) is 0. The van der Waals surface area contributed by atoms with E-state index < -0.39 is 14.0 Å². The van der Waals surface area contributed by atoms with Crippen LogP contribution >= 0.6 is 7.82 Å². The molecule has 0 radical (unpaired) electrons. The van der Waals surface area contributed by atoms with Crippen molar-refractivity contribution in [2.75, 3.05) is 0 Å². The summed E-state index contributed by atoms with van der Waals surface area (Å²) in [6.07, 6.45) is -1.83. The second-order valence-electron chi connectivity index (χ2n) is 0.796. The molecule has 0 aromatic heterocycles. The summed E-state index contributed by atoms with van der Waals surface area (Å²) in [6.45, 7) is 0. The van der Waals surface area contributed by atoms with E-state index in [1.807, 2.05) is 0 Å². The predicted octanol–water partition coefficient (Wildman–Crippen LogP) is -1.85.